The molecule has 17 heavy (non-hydrogen) atoms. The highest BCUT2D eigenvalue weighted by Gasteiger charge is 2.14. The van der Waals surface area contributed by atoms with Crippen molar-refractivity contribution in [2.24, 2.45) is 0 Å². The number of thiophene rings is 1. The van der Waals surface area contributed by atoms with Gasteiger partial charge < -0.3 is 5.11 Å². The largest absolute Gasteiger partial charge is 0.477 e. The van der Waals surface area contributed by atoms with Crippen molar-refractivity contribution in [1.82, 2.24) is 0 Å². The van der Waals surface area contributed by atoms with Crippen LogP contribution < -0.4 is 4.57 Å². The maximum Gasteiger partial charge on any atom is 0.341 e. The number of carbonyl (C=O) groups is 2. The number of hydrogen-bond donors (Lipinski definition) is 1. The van der Waals surface area contributed by atoms with E-state index in [0.29, 0.717) is 4.88 Å². The molecule has 0 amide bonds. The Morgan fingerprint density at radius 3 is 2.76 bits per heavy atom. The van der Waals surface area contributed by atoms with Crippen LogP contribution in [-0.4, -0.2) is 16.9 Å². The molecule has 5 heteroatoms. The van der Waals surface area contributed by atoms with E-state index >= 15 is 0 Å². The van der Waals surface area contributed by atoms with Gasteiger partial charge in [0.2, 0.25) is 12.3 Å². The van der Waals surface area contributed by atoms with Crippen molar-refractivity contribution in [1.29, 1.82) is 0 Å². The average Bonchev–Trinajstić information content (AvgIpc) is 2.82. The molecule has 0 bridgehead atoms. The number of nitrogens with zero attached hydrogens (tertiary/aromatic N) is 1. The fourth-order valence-electron chi connectivity index (χ4n) is 1.43. The molecule has 0 radical (unpaired) electrons. The lowest BCUT2D eigenvalue weighted by Crippen LogP contribution is -2.37. The van der Waals surface area contributed by atoms with Crippen molar-refractivity contribution in [3.63, 3.8) is 0 Å². The third kappa shape index (κ3) is 2.76. The molecule has 4 nitrogen and oxygen atoms in total. The fraction of sp³-hybridized carbons (Fsp3) is 0.0833. The molecule has 86 valence electrons. The molecule has 2 aromatic rings. The van der Waals surface area contributed by atoms with Crippen molar-refractivity contribution in [2.45, 2.75) is 6.54 Å². The smallest absolute Gasteiger partial charge is 0.341 e. The zero-order chi connectivity index (χ0) is 12.3. The molecule has 2 rings (SSSR count). The number of Topliss-reactive ketones (excluding diaryl/α,β-unsaturated/α-hetero) is 1. The summed E-state index contributed by atoms with van der Waals surface area (Å²) in [6, 6.07) is 6.68. The number of carboxylic acids is 1. The van der Waals surface area contributed by atoms with Crippen molar-refractivity contribution in [3.05, 3.63) is 52.5 Å². The van der Waals surface area contributed by atoms with Gasteiger partial charge in [-0.1, -0.05) is 6.07 Å². The Labute approximate surface area is 102 Å². The van der Waals surface area contributed by atoms with Gasteiger partial charge in [0, 0.05) is 6.07 Å². The predicted molar refractivity (Wildman–Crippen MR) is 62.2 cm³/mol. The maximum absolute atomic E-state index is 11.8. The topological polar surface area (TPSA) is 58.2 Å². The highest BCUT2D eigenvalue weighted by Crippen LogP contribution is 2.09. The van der Waals surface area contributed by atoms with Crippen LogP contribution in [0.25, 0.3) is 0 Å². The maximum atomic E-state index is 11.8. The van der Waals surface area contributed by atoms with Gasteiger partial charge in [-0.15, -0.1) is 11.3 Å². The van der Waals surface area contributed by atoms with Crippen LogP contribution >= 0.6 is 11.3 Å². The summed E-state index contributed by atoms with van der Waals surface area (Å²) in [5.74, 6) is -1.02. The second kappa shape index (κ2) is 4.88. The van der Waals surface area contributed by atoms with Gasteiger partial charge >= 0.3 is 5.97 Å². The Bertz CT molecular complexity index is 549. The lowest BCUT2D eigenvalue weighted by atomic mass is 10.2. The molecule has 0 aliphatic heterocycles. The van der Waals surface area contributed by atoms with Gasteiger partial charge in [0.1, 0.15) is 5.56 Å². The minimum absolute atomic E-state index is 0.0208. The Hall–Kier alpha value is -2.01. The molecule has 0 spiro atoms. The summed E-state index contributed by atoms with van der Waals surface area (Å²) in [6.45, 7) is 0.154. The van der Waals surface area contributed by atoms with Crippen LogP contribution in [-0.2, 0) is 6.54 Å². The molecule has 0 aromatic carbocycles. The lowest BCUT2D eigenvalue weighted by Gasteiger charge is -1.96. The first kappa shape index (κ1) is 11.5. The van der Waals surface area contributed by atoms with Gasteiger partial charge in [-0.25, -0.2) is 4.79 Å². The zero-order valence-corrected chi connectivity index (χ0v) is 9.68. The van der Waals surface area contributed by atoms with Crippen LogP contribution in [0.5, 0.6) is 0 Å². The molecule has 0 unspecified atom stereocenters. The van der Waals surface area contributed by atoms with Crippen LogP contribution in [0.15, 0.2) is 42.0 Å². The van der Waals surface area contributed by atoms with Gasteiger partial charge in [-0.3, -0.25) is 4.79 Å². The highest BCUT2D eigenvalue weighted by atomic mass is 32.1. The molecular weight excluding hydrogens is 238 g/mol. The first-order valence-electron chi connectivity index (χ1n) is 4.96. The van der Waals surface area contributed by atoms with E-state index in [1.54, 1.807) is 22.9 Å². The quantitative estimate of drug-likeness (QED) is 0.660. The van der Waals surface area contributed by atoms with Crippen LogP contribution in [0.3, 0.4) is 0 Å². The van der Waals surface area contributed by atoms with E-state index in [4.69, 9.17) is 5.11 Å². The summed E-state index contributed by atoms with van der Waals surface area (Å²) in [5.41, 5.74) is 0.173. The van der Waals surface area contributed by atoms with Crippen molar-refractivity contribution < 1.29 is 19.3 Å². The summed E-state index contributed by atoms with van der Waals surface area (Å²) in [5, 5.41) is 10.7. The van der Waals surface area contributed by atoms with Gasteiger partial charge in [0.05, 0.1) is 4.88 Å². The molecule has 0 saturated heterocycles. The van der Waals surface area contributed by atoms with Crippen LogP contribution in [0, 0.1) is 0 Å². The van der Waals surface area contributed by atoms with Crippen molar-refractivity contribution in [2.75, 3.05) is 0 Å². The second-order valence-corrected chi connectivity index (χ2v) is 4.42. The molecule has 0 atom stereocenters. The number of carboxylic acid groups (broad SMARTS) is 1. The van der Waals surface area contributed by atoms with E-state index in [-0.39, 0.29) is 17.9 Å². The first-order chi connectivity index (χ1) is 8.16. The molecule has 0 saturated carbocycles. The van der Waals surface area contributed by atoms with Crippen LogP contribution in [0.4, 0.5) is 0 Å². The summed E-state index contributed by atoms with van der Waals surface area (Å²) in [4.78, 5) is 23.2. The third-order valence-electron chi connectivity index (χ3n) is 2.23. The first-order valence-corrected chi connectivity index (χ1v) is 5.84. The van der Waals surface area contributed by atoms with Gasteiger partial charge in [0.25, 0.3) is 0 Å². The number of carbonyl (C=O) groups excluding carboxylic acids is 1. The number of ketones is 1. The Morgan fingerprint density at radius 2 is 2.12 bits per heavy atom. The van der Waals surface area contributed by atoms with E-state index < -0.39 is 5.97 Å². The van der Waals surface area contributed by atoms with E-state index in [2.05, 4.69) is 0 Å². The van der Waals surface area contributed by atoms with E-state index in [9.17, 15) is 9.59 Å². The molecule has 0 aliphatic carbocycles. The molecular formula is C12H10NO3S+. The fourth-order valence-corrected chi connectivity index (χ4v) is 2.08. The normalized spacial score (nSPS) is 10.1. The minimum atomic E-state index is -0.997. The number of aromatic nitrogens is 1. The predicted octanol–water partition coefficient (Wildman–Crippen LogP) is 1.62. The summed E-state index contributed by atoms with van der Waals surface area (Å²) in [7, 11) is 0. The standard InChI is InChI=1S/C12H9NO3S/c14-10(11-4-2-6-17-11)8-13-5-1-3-9(7-13)12(15)16/h1-7H,8H2/p+1. The summed E-state index contributed by atoms with van der Waals surface area (Å²) in [6.07, 6.45) is 3.13. The minimum Gasteiger partial charge on any atom is -0.477 e. The van der Waals surface area contributed by atoms with E-state index in [1.807, 2.05) is 11.4 Å². The summed E-state index contributed by atoms with van der Waals surface area (Å²) >= 11 is 1.38. The third-order valence-corrected chi connectivity index (χ3v) is 3.14. The van der Waals surface area contributed by atoms with E-state index in [1.165, 1.54) is 23.6 Å². The van der Waals surface area contributed by atoms with Gasteiger partial charge in [-0.2, -0.15) is 4.57 Å². The van der Waals surface area contributed by atoms with E-state index in [0.717, 1.165) is 0 Å². The lowest BCUT2D eigenvalue weighted by molar-refractivity contribution is -0.683. The van der Waals surface area contributed by atoms with Gasteiger partial charge in [0.15, 0.2) is 12.4 Å². The average molecular weight is 248 g/mol. The number of pyridine rings is 1. The molecule has 2 heterocycles. The van der Waals surface area contributed by atoms with Gasteiger partial charge in [-0.05, 0) is 17.5 Å². The van der Waals surface area contributed by atoms with Crippen molar-refractivity contribution in [3.8, 4) is 0 Å². The second-order valence-electron chi connectivity index (χ2n) is 3.47. The summed E-state index contributed by atoms with van der Waals surface area (Å²) < 4.78 is 1.57. The molecule has 0 aliphatic rings. The SMILES string of the molecule is O=C(O)c1ccc[n+](CC(=O)c2cccs2)c1. The molecule has 0 fully saturated rings. The van der Waals surface area contributed by atoms with Crippen LogP contribution in [0.1, 0.15) is 20.0 Å². The monoisotopic (exact) mass is 248 g/mol. The number of rotatable bonds is 4. The zero-order valence-electron chi connectivity index (χ0n) is 8.87. The Balaban J connectivity index is 2.16. The van der Waals surface area contributed by atoms with Crippen molar-refractivity contribution >= 4 is 23.1 Å². The molecule has 1 N–H and O–H groups in total. The number of hydrogen-bond acceptors (Lipinski definition) is 3. The Morgan fingerprint density at radius 1 is 1.29 bits per heavy atom. The Kier molecular flexibility index (Phi) is 3.30. The van der Waals surface area contributed by atoms with Crippen LogP contribution in [0.2, 0.25) is 0 Å². The number of aromatic carboxylic acids is 1. The molecule has 2 aromatic heterocycles. The highest BCUT2D eigenvalue weighted by molar-refractivity contribution is 7.12.